The Kier molecular flexibility index (Phi) is 6.55. The van der Waals surface area contributed by atoms with E-state index in [1.165, 1.54) is 0 Å². The molecule has 1 unspecified atom stereocenters. The van der Waals surface area contributed by atoms with E-state index >= 15 is 0 Å². The number of aryl methyl sites for hydroxylation is 1. The van der Waals surface area contributed by atoms with Crippen LogP contribution < -0.4 is 5.32 Å². The summed E-state index contributed by atoms with van der Waals surface area (Å²) >= 11 is 0. The van der Waals surface area contributed by atoms with Crippen LogP contribution in [0.1, 0.15) is 36.2 Å². The number of amides is 1. The summed E-state index contributed by atoms with van der Waals surface area (Å²) in [6.45, 7) is 3.59. The lowest BCUT2D eigenvalue weighted by Crippen LogP contribution is -2.43. The number of rotatable bonds is 7. The highest BCUT2D eigenvalue weighted by Crippen LogP contribution is 2.09. The van der Waals surface area contributed by atoms with Crippen LogP contribution in [0.25, 0.3) is 0 Å². The van der Waals surface area contributed by atoms with E-state index in [0.717, 1.165) is 5.56 Å². The molecule has 1 atom stereocenters. The number of ether oxygens (including phenoxy) is 1. The van der Waals surface area contributed by atoms with Crippen LogP contribution in [0.3, 0.4) is 0 Å². The first kappa shape index (κ1) is 17.7. The molecule has 2 rings (SSSR count). The minimum Gasteiger partial charge on any atom is -0.461 e. The second kappa shape index (κ2) is 8.87. The van der Waals surface area contributed by atoms with Gasteiger partial charge in [0.25, 0.3) is 5.91 Å². The van der Waals surface area contributed by atoms with Gasteiger partial charge in [-0.3, -0.25) is 4.79 Å². The number of carbonyl (C=O) groups is 2. The smallest absolute Gasteiger partial charge is 0.328 e. The van der Waals surface area contributed by atoms with Crippen LogP contribution >= 0.6 is 0 Å². The molecular formula is C20H23NO3. The van der Waals surface area contributed by atoms with E-state index in [9.17, 15) is 9.59 Å². The summed E-state index contributed by atoms with van der Waals surface area (Å²) in [7, 11) is 0. The highest BCUT2D eigenvalue weighted by atomic mass is 16.5. The first-order valence-corrected chi connectivity index (χ1v) is 8.16. The van der Waals surface area contributed by atoms with Gasteiger partial charge in [0, 0.05) is 5.56 Å². The monoisotopic (exact) mass is 325 g/mol. The van der Waals surface area contributed by atoms with Gasteiger partial charge in [0.1, 0.15) is 6.04 Å². The summed E-state index contributed by atoms with van der Waals surface area (Å²) in [5.41, 5.74) is 1.65. The van der Waals surface area contributed by atoms with Crippen LogP contribution in [0, 0.1) is 0 Å². The Hall–Kier alpha value is -2.62. The molecule has 0 aliphatic rings. The lowest BCUT2D eigenvalue weighted by Gasteiger charge is -2.19. The van der Waals surface area contributed by atoms with Crippen LogP contribution in [0.4, 0.5) is 0 Å². The van der Waals surface area contributed by atoms with Gasteiger partial charge in [0.15, 0.2) is 0 Å². The van der Waals surface area contributed by atoms with E-state index < -0.39 is 12.0 Å². The molecule has 1 amide bonds. The maximum absolute atomic E-state index is 12.3. The molecule has 0 aliphatic carbocycles. The number of hydrogen-bond donors (Lipinski definition) is 1. The predicted octanol–water partition coefficient (Wildman–Crippen LogP) is 3.37. The molecule has 0 heterocycles. The van der Waals surface area contributed by atoms with E-state index in [1.807, 2.05) is 36.4 Å². The fraction of sp³-hybridized carbons (Fsp3) is 0.300. The molecule has 1 N–H and O–H groups in total. The van der Waals surface area contributed by atoms with Gasteiger partial charge in [-0.1, -0.05) is 48.5 Å². The largest absolute Gasteiger partial charge is 0.461 e. The predicted molar refractivity (Wildman–Crippen MR) is 93.7 cm³/mol. The zero-order valence-electron chi connectivity index (χ0n) is 14.1. The van der Waals surface area contributed by atoms with Crippen molar-refractivity contribution in [2.24, 2.45) is 0 Å². The molecule has 2 aromatic carbocycles. The quantitative estimate of drug-likeness (QED) is 0.794. The summed E-state index contributed by atoms with van der Waals surface area (Å²) in [5.74, 6) is -0.667. The van der Waals surface area contributed by atoms with Gasteiger partial charge >= 0.3 is 5.97 Å². The van der Waals surface area contributed by atoms with Crippen molar-refractivity contribution < 1.29 is 14.3 Å². The third-order valence-electron chi connectivity index (χ3n) is 3.54. The van der Waals surface area contributed by atoms with Crippen LogP contribution in [0.15, 0.2) is 60.7 Å². The average molecular weight is 325 g/mol. The SMILES string of the molecule is CC(C)OC(=O)C(CCc1ccccc1)NC(=O)c1ccccc1. The van der Waals surface area contributed by atoms with Gasteiger partial charge in [-0.25, -0.2) is 4.79 Å². The molecule has 4 nitrogen and oxygen atoms in total. The van der Waals surface area contributed by atoms with Crippen molar-refractivity contribution in [2.45, 2.75) is 38.8 Å². The molecule has 0 spiro atoms. The number of hydrogen-bond acceptors (Lipinski definition) is 3. The third kappa shape index (κ3) is 5.54. The Balaban J connectivity index is 2.04. The Morgan fingerprint density at radius 2 is 1.54 bits per heavy atom. The lowest BCUT2D eigenvalue weighted by molar-refractivity contribution is -0.149. The highest BCUT2D eigenvalue weighted by molar-refractivity contribution is 5.96. The summed E-state index contributed by atoms with van der Waals surface area (Å²) in [5, 5.41) is 2.80. The van der Waals surface area contributed by atoms with E-state index in [2.05, 4.69) is 5.32 Å². The standard InChI is InChI=1S/C20H23NO3/c1-15(2)24-20(23)18(14-13-16-9-5-3-6-10-16)21-19(22)17-11-7-4-8-12-17/h3-12,15,18H,13-14H2,1-2H3,(H,21,22). The van der Waals surface area contributed by atoms with Gasteiger partial charge in [-0.2, -0.15) is 0 Å². The molecule has 24 heavy (non-hydrogen) atoms. The molecule has 0 saturated carbocycles. The number of benzene rings is 2. The van der Waals surface area contributed by atoms with Crippen LogP contribution in [0.2, 0.25) is 0 Å². The van der Waals surface area contributed by atoms with Crippen molar-refractivity contribution in [1.29, 1.82) is 0 Å². The van der Waals surface area contributed by atoms with Crippen molar-refractivity contribution in [2.75, 3.05) is 0 Å². The number of nitrogens with one attached hydrogen (secondary N) is 1. The maximum atomic E-state index is 12.3. The van der Waals surface area contributed by atoms with Crippen LogP contribution in [0.5, 0.6) is 0 Å². The molecule has 0 bridgehead atoms. The second-order valence-electron chi connectivity index (χ2n) is 5.90. The highest BCUT2D eigenvalue weighted by Gasteiger charge is 2.23. The summed E-state index contributed by atoms with van der Waals surface area (Å²) in [6, 6.07) is 18.1. The molecule has 0 radical (unpaired) electrons. The molecule has 126 valence electrons. The van der Waals surface area contributed by atoms with E-state index in [-0.39, 0.29) is 12.0 Å². The van der Waals surface area contributed by atoms with Crippen LogP contribution in [-0.4, -0.2) is 24.0 Å². The van der Waals surface area contributed by atoms with Crippen molar-refractivity contribution >= 4 is 11.9 Å². The Bertz CT molecular complexity index is 653. The van der Waals surface area contributed by atoms with Crippen molar-refractivity contribution in [3.63, 3.8) is 0 Å². The Labute approximate surface area is 142 Å². The van der Waals surface area contributed by atoms with Crippen molar-refractivity contribution in [3.05, 3.63) is 71.8 Å². The third-order valence-corrected chi connectivity index (χ3v) is 3.54. The maximum Gasteiger partial charge on any atom is 0.328 e. The minimum absolute atomic E-state index is 0.217. The first-order valence-electron chi connectivity index (χ1n) is 8.16. The average Bonchev–Trinajstić information content (AvgIpc) is 2.59. The summed E-state index contributed by atoms with van der Waals surface area (Å²) in [4.78, 5) is 24.6. The fourth-order valence-corrected chi connectivity index (χ4v) is 2.35. The minimum atomic E-state index is -0.666. The van der Waals surface area contributed by atoms with Gasteiger partial charge in [0.05, 0.1) is 6.10 Å². The molecule has 0 aliphatic heterocycles. The van der Waals surface area contributed by atoms with E-state index in [0.29, 0.717) is 18.4 Å². The molecule has 0 saturated heterocycles. The fourth-order valence-electron chi connectivity index (χ4n) is 2.35. The Morgan fingerprint density at radius 3 is 2.12 bits per heavy atom. The number of carbonyl (C=O) groups excluding carboxylic acids is 2. The Morgan fingerprint density at radius 1 is 0.958 bits per heavy atom. The van der Waals surface area contributed by atoms with Crippen LogP contribution in [-0.2, 0) is 16.0 Å². The zero-order chi connectivity index (χ0) is 17.4. The number of esters is 1. The molecule has 4 heteroatoms. The first-order chi connectivity index (χ1) is 11.6. The van der Waals surface area contributed by atoms with Gasteiger partial charge in [-0.05, 0) is 44.4 Å². The van der Waals surface area contributed by atoms with Crippen molar-refractivity contribution in [3.8, 4) is 0 Å². The molecule has 2 aromatic rings. The van der Waals surface area contributed by atoms with E-state index in [4.69, 9.17) is 4.74 Å². The van der Waals surface area contributed by atoms with Crippen molar-refractivity contribution in [1.82, 2.24) is 5.32 Å². The molecule has 0 fully saturated rings. The normalized spacial score (nSPS) is 11.8. The zero-order valence-corrected chi connectivity index (χ0v) is 14.1. The lowest BCUT2D eigenvalue weighted by atomic mass is 10.0. The molecule has 0 aromatic heterocycles. The summed E-state index contributed by atoms with van der Waals surface area (Å²) in [6.07, 6.45) is 0.965. The van der Waals surface area contributed by atoms with Gasteiger partial charge in [-0.15, -0.1) is 0 Å². The van der Waals surface area contributed by atoms with E-state index in [1.54, 1.807) is 38.1 Å². The topological polar surface area (TPSA) is 55.4 Å². The summed E-state index contributed by atoms with van der Waals surface area (Å²) < 4.78 is 5.28. The van der Waals surface area contributed by atoms with Gasteiger partial charge in [0.2, 0.25) is 0 Å². The van der Waals surface area contributed by atoms with Gasteiger partial charge < -0.3 is 10.1 Å². The molecular weight excluding hydrogens is 302 g/mol. The second-order valence-corrected chi connectivity index (χ2v) is 5.90.